The summed E-state index contributed by atoms with van der Waals surface area (Å²) in [4.78, 5) is 31.0. The van der Waals surface area contributed by atoms with Crippen molar-refractivity contribution in [3.05, 3.63) is 131 Å². The Labute approximate surface area is 317 Å². The Balaban J connectivity index is 0.707. The summed E-state index contributed by atoms with van der Waals surface area (Å²) in [6, 6.07) is 31.1. The summed E-state index contributed by atoms with van der Waals surface area (Å²) in [5.74, 6) is 2.25. The molecule has 4 aromatic carbocycles. The van der Waals surface area contributed by atoms with Crippen LogP contribution in [0.15, 0.2) is 97.6 Å². The summed E-state index contributed by atoms with van der Waals surface area (Å²) in [7, 11) is 0. The molecule has 3 atom stereocenters. The van der Waals surface area contributed by atoms with Crippen LogP contribution in [0.25, 0.3) is 5.70 Å². The molecule has 5 aliphatic rings. The molecule has 0 aromatic heterocycles. The van der Waals surface area contributed by atoms with E-state index in [1.54, 1.807) is 0 Å². The first-order valence-corrected chi connectivity index (χ1v) is 19.4. The summed E-state index contributed by atoms with van der Waals surface area (Å²) < 4.78 is 12.4. The molecule has 2 N–H and O–H groups in total. The quantitative estimate of drug-likeness (QED) is 0.184. The number of rotatable bonds is 11. The molecule has 4 heterocycles. The van der Waals surface area contributed by atoms with Gasteiger partial charge in [0.1, 0.15) is 36.5 Å². The van der Waals surface area contributed by atoms with Gasteiger partial charge in [-0.1, -0.05) is 55.1 Å². The fraction of sp³-hybridized carbons (Fsp3) is 0.378. The Morgan fingerprint density at radius 1 is 0.759 bits per heavy atom. The number of phenolic OH excluding ortho intramolecular Hbond substituents is 1. The van der Waals surface area contributed by atoms with E-state index >= 15 is 0 Å². The first-order valence-electron chi connectivity index (χ1n) is 19.4. The number of aryl methyl sites for hydroxylation is 1. The number of hydrogen-bond donors (Lipinski definition) is 2. The van der Waals surface area contributed by atoms with E-state index < -0.39 is 0 Å². The number of phenols is 1. The van der Waals surface area contributed by atoms with Crippen molar-refractivity contribution in [3.8, 4) is 17.2 Å². The van der Waals surface area contributed by atoms with Gasteiger partial charge in [0.25, 0.3) is 0 Å². The summed E-state index contributed by atoms with van der Waals surface area (Å²) in [5, 5.41) is 12.6. The minimum absolute atomic E-state index is 0.205. The molecule has 4 aromatic rings. The number of nitrogens with zero attached hydrogens (tertiary/aromatic N) is 3. The van der Waals surface area contributed by atoms with Crippen molar-refractivity contribution in [1.82, 2.24) is 20.0 Å². The summed E-state index contributed by atoms with van der Waals surface area (Å²) in [6.07, 6.45) is 2.89. The molecular formula is C45H48N4O5. The zero-order valence-electron chi connectivity index (χ0n) is 30.7. The van der Waals surface area contributed by atoms with E-state index in [1.807, 2.05) is 29.2 Å². The molecule has 0 bridgehead atoms. The molecule has 2 amide bonds. The average Bonchev–Trinajstić information content (AvgIpc) is 3.47. The number of carbonyl (C=O) groups excluding carboxylic acids is 2. The van der Waals surface area contributed by atoms with Crippen molar-refractivity contribution in [3.63, 3.8) is 0 Å². The first-order chi connectivity index (χ1) is 26.3. The molecule has 0 unspecified atom stereocenters. The molecule has 54 heavy (non-hydrogen) atoms. The highest BCUT2D eigenvalue weighted by molar-refractivity contribution is 6.01. The Bertz CT molecular complexity index is 2050. The van der Waals surface area contributed by atoms with Crippen LogP contribution in [0.5, 0.6) is 17.2 Å². The second-order valence-electron chi connectivity index (χ2n) is 16.0. The van der Waals surface area contributed by atoms with Gasteiger partial charge in [-0.05, 0) is 95.5 Å². The summed E-state index contributed by atoms with van der Waals surface area (Å²) in [6.45, 7) is 12.4. The van der Waals surface area contributed by atoms with Crippen LogP contribution in [0.1, 0.15) is 64.5 Å². The number of nitrogens with one attached hydrogen (secondary N) is 1. The van der Waals surface area contributed by atoms with Crippen LogP contribution in [0.2, 0.25) is 0 Å². The van der Waals surface area contributed by atoms with E-state index in [0.29, 0.717) is 49.7 Å². The summed E-state index contributed by atoms with van der Waals surface area (Å²) >= 11 is 0. The van der Waals surface area contributed by atoms with Crippen LogP contribution in [0.3, 0.4) is 0 Å². The SMILES string of the molecule is C=C1c2ccc(OCCN3CC4(CN(CCOc5ccc([C@@H]6c7ccc(O)cc7CC[C@@H]6c6ccccc6)cc5)C4)C3)cc2CN1[C@H]1CCC(=O)NC1=O. The van der Waals surface area contributed by atoms with Crippen molar-refractivity contribution in [2.24, 2.45) is 5.41 Å². The molecule has 1 spiro atoms. The van der Waals surface area contributed by atoms with Gasteiger partial charge in [0.2, 0.25) is 11.8 Å². The van der Waals surface area contributed by atoms with Crippen molar-refractivity contribution in [2.45, 2.75) is 50.1 Å². The minimum Gasteiger partial charge on any atom is -0.508 e. The number of ether oxygens (including phenoxy) is 2. The van der Waals surface area contributed by atoms with Gasteiger partial charge in [0, 0.05) is 74.8 Å². The van der Waals surface area contributed by atoms with Crippen molar-refractivity contribution < 1.29 is 24.2 Å². The highest BCUT2D eigenvalue weighted by atomic mass is 16.5. The molecule has 3 fully saturated rings. The fourth-order valence-corrected chi connectivity index (χ4v) is 9.74. The zero-order chi connectivity index (χ0) is 36.8. The molecule has 9 rings (SSSR count). The van der Waals surface area contributed by atoms with Crippen LogP contribution >= 0.6 is 0 Å². The molecule has 1 aliphatic carbocycles. The third-order valence-corrected chi connectivity index (χ3v) is 12.3. The van der Waals surface area contributed by atoms with E-state index in [1.165, 1.54) is 22.3 Å². The van der Waals surface area contributed by atoms with E-state index in [-0.39, 0.29) is 23.8 Å². The van der Waals surface area contributed by atoms with E-state index in [0.717, 1.165) is 80.4 Å². The molecule has 9 nitrogen and oxygen atoms in total. The van der Waals surface area contributed by atoms with Gasteiger partial charge in [-0.25, -0.2) is 0 Å². The van der Waals surface area contributed by atoms with Crippen LogP contribution in [0.4, 0.5) is 0 Å². The second-order valence-corrected chi connectivity index (χ2v) is 16.0. The van der Waals surface area contributed by atoms with Gasteiger partial charge in [0.15, 0.2) is 0 Å². The fourth-order valence-electron chi connectivity index (χ4n) is 9.74. The lowest BCUT2D eigenvalue weighted by atomic mass is 9.69. The van der Waals surface area contributed by atoms with Crippen LogP contribution in [0, 0.1) is 5.41 Å². The van der Waals surface area contributed by atoms with Crippen LogP contribution in [-0.2, 0) is 22.6 Å². The maximum Gasteiger partial charge on any atom is 0.249 e. The number of likely N-dealkylation sites (tertiary alicyclic amines) is 2. The van der Waals surface area contributed by atoms with E-state index in [4.69, 9.17) is 9.47 Å². The number of carbonyl (C=O) groups is 2. The van der Waals surface area contributed by atoms with E-state index in [2.05, 4.69) is 88.4 Å². The van der Waals surface area contributed by atoms with Gasteiger partial charge in [0.05, 0.1) is 0 Å². The Kier molecular flexibility index (Phi) is 9.15. The second kappa shape index (κ2) is 14.3. The van der Waals surface area contributed by atoms with Gasteiger partial charge < -0.3 is 19.5 Å². The average molecular weight is 725 g/mol. The highest BCUT2D eigenvalue weighted by Gasteiger charge is 2.51. The lowest BCUT2D eigenvalue weighted by Crippen LogP contribution is -2.72. The predicted molar refractivity (Wildman–Crippen MR) is 207 cm³/mol. The number of amides is 2. The molecule has 0 saturated carbocycles. The van der Waals surface area contributed by atoms with E-state index in [9.17, 15) is 14.7 Å². The number of fused-ring (bicyclic) bond motifs is 2. The normalized spacial score (nSPS) is 23.3. The number of piperidine rings is 1. The molecule has 4 aliphatic heterocycles. The molecule has 3 saturated heterocycles. The van der Waals surface area contributed by atoms with Crippen molar-refractivity contribution in [2.75, 3.05) is 52.5 Å². The van der Waals surface area contributed by atoms with Gasteiger partial charge in [-0.15, -0.1) is 0 Å². The smallest absolute Gasteiger partial charge is 0.249 e. The third-order valence-electron chi connectivity index (χ3n) is 12.3. The van der Waals surface area contributed by atoms with Crippen LogP contribution in [-0.4, -0.2) is 90.1 Å². The first kappa shape index (κ1) is 34.6. The number of imide groups is 1. The lowest BCUT2D eigenvalue weighted by molar-refractivity contribution is -0.136. The van der Waals surface area contributed by atoms with Gasteiger partial charge in [-0.3, -0.25) is 24.7 Å². The zero-order valence-corrected chi connectivity index (χ0v) is 30.7. The molecule has 278 valence electrons. The molecule has 0 radical (unpaired) electrons. The molecule has 9 heteroatoms. The largest absolute Gasteiger partial charge is 0.508 e. The number of hydrogen-bond acceptors (Lipinski definition) is 8. The van der Waals surface area contributed by atoms with Gasteiger partial charge >= 0.3 is 0 Å². The Hall–Kier alpha value is -5.12. The highest BCUT2D eigenvalue weighted by Crippen LogP contribution is 2.47. The topological polar surface area (TPSA) is 94.6 Å². The number of benzene rings is 4. The maximum absolute atomic E-state index is 12.5. The standard InChI is InChI=1S/C45H48N4O5/c1-30-38-16-13-37(24-34(38)25-49(30)41-17-18-42(51)46-44(41)52)54-22-20-48-28-45(29-48)26-47(27-45)19-21-53-36-11-7-32(8-12-36)43-39(31-5-3-2-4-6-31)14-9-33-23-35(50)10-15-40(33)43/h2-8,10-13,15-16,23-24,39,41,43,50H,1,9,14,17-22,25-29H2,(H,46,51,52)/t39-,41+,43+/m1/s1. The van der Waals surface area contributed by atoms with Crippen molar-refractivity contribution >= 4 is 17.5 Å². The number of aromatic hydroxyl groups is 1. The Morgan fingerprint density at radius 2 is 1.46 bits per heavy atom. The van der Waals surface area contributed by atoms with Crippen LogP contribution < -0.4 is 14.8 Å². The van der Waals surface area contributed by atoms with Gasteiger partial charge in [-0.2, -0.15) is 0 Å². The predicted octanol–water partition coefficient (Wildman–Crippen LogP) is 5.92. The minimum atomic E-state index is -0.364. The van der Waals surface area contributed by atoms with Crippen molar-refractivity contribution in [1.29, 1.82) is 0 Å². The maximum atomic E-state index is 12.5. The third kappa shape index (κ3) is 6.75. The monoisotopic (exact) mass is 724 g/mol. The lowest BCUT2D eigenvalue weighted by Gasteiger charge is -2.60. The molecular weight excluding hydrogens is 677 g/mol. The summed E-state index contributed by atoms with van der Waals surface area (Å²) in [5.41, 5.74) is 8.57. The Morgan fingerprint density at radius 3 is 2.19 bits per heavy atom.